The molecule has 0 aliphatic heterocycles. The molecule has 0 amide bonds. The van der Waals surface area contributed by atoms with Gasteiger partial charge in [0.2, 0.25) is 5.78 Å². The van der Waals surface area contributed by atoms with Crippen LogP contribution < -0.4 is 5.32 Å². The normalized spacial score (nSPS) is 38.8. The molecule has 0 heterocycles. The van der Waals surface area contributed by atoms with Crippen LogP contribution in [-0.2, 0) is 19.1 Å². The maximum atomic E-state index is 17.3. The lowest BCUT2D eigenvalue weighted by Gasteiger charge is -2.62. The second kappa shape index (κ2) is 13.0. The smallest absolute Gasteiger partial charge is 0.306 e. The number of carbonyl (C=O) groups excluding carboxylic acids is 3. The van der Waals surface area contributed by atoms with Crippen molar-refractivity contribution in [2.75, 3.05) is 19.7 Å². The molecule has 3 fully saturated rings. The third-order valence-electron chi connectivity index (χ3n) is 11.5. The molecule has 3 saturated carbocycles. The zero-order valence-corrected chi connectivity index (χ0v) is 26.1. The van der Waals surface area contributed by atoms with Crippen LogP contribution in [0.5, 0.6) is 0 Å². The summed E-state index contributed by atoms with van der Waals surface area (Å²) in [6.07, 6.45) is 12.0. The predicted octanol–water partition coefficient (Wildman–Crippen LogP) is 5.18. The summed E-state index contributed by atoms with van der Waals surface area (Å²) >= 11 is 0. The molecule has 0 aromatic heterocycles. The van der Waals surface area contributed by atoms with Crippen molar-refractivity contribution in [3.63, 3.8) is 0 Å². The number of alkyl halides is 1. The van der Waals surface area contributed by atoms with Gasteiger partial charge in [-0.3, -0.25) is 14.4 Å². The van der Waals surface area contributed by atoms with E-state index in [-0.39, 0.29) is 24.5 Å². The molecule has 0 bridgehead atoms. The van der Waals surface area contributed by atoms with Gasteiger partial charge in [0.05, 0.1) is 6.10 Å². The van der Waals surface area contributed by atoms with E-state index in [2.05, 4.69) is 12.2 Å². The second-order valence-corrected chi connectivity index (χ2v) is 13.9. The molecule has 3 N–H and O–H groups in total. The Hall–Kier alpha value is -1.90. The molecule has 236 valence electrons. The molecule has 8 atom stereocenters. The van der Waals surface area contributed by atoms with Crippen LogP contribution in [0.15, 0.2) is 23.8 Å². The van der Waals surface area contributed by atoms with E-state index in [1.165, 1.54) is 37.8 Å². The van der Waals surface area contributed by atoms with Gasteiger partial charge < -0.3 is 20.3 Å². The lowest BCUT2D eigenvalue weighted by Crippen LogP contribution is -2.69. The minimum absolute atomic E-state index is 0.0948. The van der Waals surface area contributed by atoms with Crippen LogP contribution in [0, 0.1) is 28.6 Å². The summed E-state index contributed by atoms with van der Waals surface area (Å²) in [5.74, 6) is -2.65. The number of ketones is 2. The van der Waals surface area contributed by atoms with Crippen LogP contribution in [0.1, 0.15) is 105 Å². The minimum atomic E-state index is -2.02. The molecule has 8 heteroatoms. The first-order chi connectivity index (χ1) is 19.9. The number of esters is 1. The molecule has 0 aromatic carbocycles. The van der Waals surface area contributed by atoms with Crippen molar-refractivity contribution in [1.82, 2.24) is 5.32 Å². The van der Waals surface area contributed by atoms with Crippen LogP contribution in [0.4, 0.5) is 4.39 Å². The zero-order valence-electron chi connectivity index (χ0n) is 26.1. The highest BCUT2D eigenvalue weighted by Crippen LogP contribution is 2.70. The first kappa shape index (κ1) is 33.0. The molecule has 4 rings (SSSR count). The van der Waals surface area contributed by atoms with Gasteiger partial charge in [0.25, 0.3) is 0 Å². The first-order valence-electron chi connectivity index (χ1n) is 16.3. The van der Waals surface area contributed by atoms with E-state index in [4.69, 9.17) is 4.74 Å². The number of aliphatic hydroxyl groups is 2. The number of carbonyl (C=O) groups is 3. The summed E-state index contributed by atoms with van der Waals surface area (Å²) in [5, 5.41) is 26.9. The van der Waals surface area contributed by atoms with Gasteiger partial charge in [-0.1, -0.05) is 58.1 Å². The molecule has 42 heavy (non-hydrogen) atoms. The number of fused-ring (bicyclic) bond motifs is 5. The lowest BCUT2D eigenvalue weighted by atomic mass is 9.44. The Morgan fingerprint density at radius 3 is 2.48 bits per heavy atom. The Kier molecular flexibility index (Phi) is 10.2. The molecule has 7 nitrogen and oxygen atoms in total. The third kappa shape index (κ3) is 5.56. The Bertz CT molecular complexity index is 1090. The number of aliphatic hydroxyl groups excluding tert-OH is 1. The topological polar surface area (TPSA) is 113 Å². The van der Waals surface area contributed by atoms with Crippen molar-refractivity contribution in [3.05, 3.63) is 23.8 Å². The monoisotopic (exact) mass is 589 g/mol. The van der Waals surface area contributed by atoms with Crippen LogP contribution >= 0.6 is 0 Å². The highest BCUT2D eigenvalue weighted by Gasteiger charge is 2.75. The van der Waals surface area contributed by atoms with Gasteiger partial charge in [-0.2, -0.15) is 0 Å². The fraction of sp³-hybridized carbons (Fsp3) is 0.794. The number of rotatable bonds is 14. The Morgan fingerprint density at radius 1 is 1.10 bits per heavy atom. The highest BCUT2D eigenvalue weighted by molar-refractivity contribution is 6.01. The van der Waals surface area contributed by atoms with E-state index in [1.807, 2.05) is 0 Å². The molecule has 0 unspecified atom stereocenters. The third-order valence-corrected chi connectivity index (χ3v) is 11.5. The molecular weight excluding hydrogens is 537 g/mol. The van der Waals surface area contributed by atoms with E-state index in [0.717, 1.165) is 25.9 Å². The maximum Gasteiger partial charge on any atom is 0.306 e. The Labute approximate surface area is 250 Å². The average molecular weight is 590 g/mol. The van der Waals surface area contributed by atoms with Gasteiger partial charge in [-0.15, -0.1) is 0 Å². The Balaban J connectivity index is 1.33. The molecule has 4 aliphatic carbocycles. The zero-order chi connectivity index (χ0) is 30.8. The summed E-state index contributed by atoms with van der Waals surface area (Å²) in [7, 11) is 0. The van der Waals surface area contributed by atoms with Gasteiger partial charge in [-0.05, 0) is 88.9 Å². The highest BCUT2D eigenvalue weighted by atomic mass is 19.1. The van der Waals surface area contributed by atoms with Gasteiger partial charge in [0.15, 0.2) is 18.1 Å². The summed E-state index contributed by atoms with van der Waals surface area (Å²) in [6.45, 7) is 8.94. The van der Waals surface area contributed by atoms with Gasteiger partial charge >= 0.3 is 5.97 Å². The summed E-state index contributed by atoms with van der Waals surface area (Å²) in [5.41, 5.74) is -5.38. The van der Waals surface area contributed by atoms with Crippen molar-refractivity contribution < 1.29 is 33.7 Å². The van der Waals surface area contributed by atoms with E-state index in [0.29, 0.717) is 31.3 Å². The van der Waals surface area contributed by atoms with Crippen LogP contribution in [-0.4, -0.2) is 64.8 Å². The van der Waals surface area contributed by atoms with E-state index < -0.39 is 58.4 Å². The number of hydrogen-bond donors (Lipinski definition) is 3. The van der Waals surface area contributed by atoms with Gasteiger partial charge in [0, 0.05) is 23.2 Å². The van der Waals surface area contributed by atoms with Crippen LogP contribution in [0.3, 0.4) is 0 Å². The quantitative estimate of drug-likeness (QED) is 0.189. The Morgan fingerprint density at radius 2 is 1.79 bits per heavy atom. The van der Waals surface area contributed by atoms with E-state index in [9.17, 15) is 24.6 Å². The van der Waals surface area contributed by atoms with Crippen molar-refractivity contribution in [2.24, 2.45) is 28.6 Å². The number of allylic oxidation sites excluding steroid dienone is 4. The van der Waals surface area contributed by atoms with Crippen LogP contribution in [0.25, 0.3) is 0 Å². The standard InChI is InChI=1S/C34H52FNO6/c1-5-6-7-10-17-36-18-11-8-9-12-30(40)42-22-29(39)34(41)23(2)19-27-26-14-13-24-20-25(37)15-16-31(24,3)33(26,35)28(38)21-32(27,34)4/h15-16,20,23,26-28,36,38,41H,5-14,17-19,21-22H2,1-4H3/t23-,26+,27+,28+,31+,32+,33+,34+/m1/s1. The minimum Gasteiger partial charge on any atom is -0.458 e. The second-order valence-electron chi connectivity index (χ2n) is 13.9. The summed E-state index contributed by atoms with van der Waals surface area (Å²) in [4.78, 5) is 38.1. The summed E-state index contributed by atoms with van der Waals surface area (Å²) < 4.78 is 22.6. The van der Waals surface area contributed by atoms with E-state index >= 15 is 4.39 Å². The van der Waals surface area contributed by atoms with Gasteiger partial charge in [0.1, 0.15) is 5.60 Å². The molecular formula is C34H52FNO6. The van der Waals surface area contributed by atoms with Crippen molar-refractivity contribution in [3.8, 4) is 0 Å². The first-order valence-corrected chi connectivity index (χ1v) is 16.3. The predicted molar refractivity (Wildman–Crippen MR) is 159 cm³/mol. The number of unbranched alkanes of at least 4 members (excludes halogenated alkanes) is 5. The lowest BCUT2D eigenvalue weighted by molar-refractivity contribution is -0.220. The maximum absolute atomic E-state index is 17.3. The fourth-order valence-corrected chi connectivity index (χ4v) is 8.97. The number of nitrogens with one attached hydrogen (secondary N) is 1. The fourth-order valence-electron chi connectivity index (χ4n) is 8.97. The number of Topliss-reactive ketones (excluding diaryl/α,β-unsaturated/α-hetero) is 1. The molecule has 0 aromatic rings. The molecule has 0 radical (unpaired) electrons. The number of halogens is 1. The number of ether oxygens (including phenoxy) is 1. The van der Waals surface area contributed by atoms with Crippen molar-refractivity contribution >= 4 is 17.5 Å². The largest absolute Gasteiger partial charge is 0.458 e. The summed E-state index contributed by atoms with van der Waals surface area (Å²) in [6, 6.07) is 0. The van der Waals surface area contributed by atoms with Gasteiger partial charge in [-0.25, -0.2) is 4.39 Å². The van der Waals surface area contributed by atoms with Crippen molar-refractivity contribution in [2.45, 2.75) is 122 Å². The van der Waals surface area contributed by atoms with Crippen molar-refractivity contribution in [1.29, 1.82) is 0 Å². The van der Waals surface area contributed by atoms with E-state index in [1.54, 1.807) is 26.8 Å². The molecule has 0 spiro atoms. The number of hydrogen-bond acceptors (Lipinski definition) is 7. The molecule has 4 aliphatic rings. The average Bonchev–Trinajstić information content (AvgIpc) is 3.15. The molecule has 0 saturated heterocycles. The van der Waals surface area contributed by atoms with Crippen LogP contribution in [0.2, 0.25) is 0 Å². The SMILES string of the molecule is CCCCCCNCCCCCC(=O)OCC(=O)[C@@]1(O)[C@H](C)C[C@H]2[C@@H]3CCC4=CC(=O)C=C[C@]4(C)[C@@]3(F)[C@@H](O)C[C@@]21C.